The van der Waals surface area contributed by atoms with Gasteiger partial charge in [-0.15, -0.1) is 0 Å². The van der Waals surface area contributed by atoms with Crippen molar-refractivity contribution in [2.24, 2.45) is 5.41 Å². The average molecular weight is 296 g/mol. The minimum Gasteiger partial charge on any atom is -0.460 e. The molecular formula is C18H32O3. The van der Waals surface area contributed by atoms with E-state index in [9.17, 15) is 9.59 Å². The fourth-order valence-corrected chi connectivity index (χ4v) is 3.13. The molecule has 0 N–H and O–H groups in total. The third-order valence-electron chi connectivity index (χ3n) is 4.32. The molecule has 0 atom stereocenters. The van der Waals surface area contributed by atoms with Gasteiger partial charge in [0.05, 0.1) is 6.42 Å². The van der Waals surface area contributed by atoms with Crippen LogP contribution in [0.1, 0.15) is 91.9 Å². The molecule has 122 valence electrons. The highest BCUT2D eigenvalue weighted by atomic mass is 16.6. The van der Waals surface area contributed by atoms with Crippen LogP contribution in [0.3, 0.4) is 0 Å². The first-order valence-corrected chi connectivity index (χ1v) is 8.44. The van der Waals surface area contributed by atoms with E-state index in [1.54, 1.807) is 0 Å². The molecule has 1 aliphatic carbocycles. The highest BCUT2D eigenvalue weighted by Crippen LogP contribution is 2.39. The molecule has 0 aromatic heterocycles. The van der Waals surface area contributed by atoms with E-state index in [2.05, 4.69) is 6.92 Å². The van der Waals surface area contributed by atoms with E-state index in [0.29, 0.717) is 18.3 Å². The zero-order chi connectivity index (χ0) is 15.9. The van der Waals surface area contributed by atoms with E-state index in [4.69, 9.17) is 4.74 Å². The topological polar surface area (TPSA) is 43.4 Å². The summed E-state index contributed by atoms with van der Waals surface area (Å²) in [4.78, 5) is 23.4. The van der Waals surface area contributed by atoms with E-state index < -0.39 is 5.60 Å². The van der Waals surface area contributed by atoms with Crippen molar-refractivity contribution in [1.82, 2.24) is 0 Å². The van der Waals surface area contributed by atoms with Crippen LogP contribution in [0.5, 0.6) is 0 Å². The van der Waals surface area contributed by atoms with Crippen molar-refractivity contribution in [2.45, 2.75) is 97.5 Å². The lowest BCUT2D eigenvalue weighted by atomic mass is 9.72. The van der Waals surface area contributed by atoms with E-state index >= 15 is 0 Å². The second-order valence-corrected chi connectivity index (χ2v) is 7.85. The van der Waals surface area contributed by atoms with Gasteiger partial charge >= 0.3 is 5.97 Å². The summed E-state index contributed by atoms with van der Waals surface area (Å²) in [6.07, 6.45) is 9.90. The highest BCUT2D eigenvalue weighted by molar-refractivity contribution is 5.82. The smallest absolute Gasteiger partial charge is 0.306 e. The van der Waals surface area contributed by atoms with Crippen LogP contribution in [0.4, 0.5) is 0 Å². The van der Waals surface area contributed by atoms with Crippen LogP contribution in [0.15, 0.2) is 0 Å². The molecule has 1 rings (SSSR count). The first-order chi connectivity index (χ1) is 9.70. The SMILES string of the molecule is CC1(CCCC(=O)CCC(=O)OC(C)(C)C)CCCCC1. The lowest BCUT2D eigenvalue weighted by Gasteiger charge is -2.33. The lowest BCUT2D eigenvalue weighted by molar-refractivity contribution is -0.155. The van der Waals surface area contributed by atoms with Gasteiger partial charge in [-0.25, -0.2) is 0 Å². The third-order valence-corrected chi connectivity index (χ3v) is 4.32. The molecule has 1 fully saturated rings. The first-order valence-electron chi connectivity index (χ1n) is 8.44. The fraction of sp³-hybridized carbons (Fsp3) is 0.889. The molecule has 0 saturated heterocycles. The van der Waals surface area contributed by atoms with E-state index in [-0.39, 0.29) is 18.2 Å². The standard InChI is InChI=1S/C18H32O3/c1-17(2,3)21-16(20)11-10-15(19)9-8-14-18(4)12-6-5-7-13-18/h5-14H2,1-4H3. The van der Waals surface area contributed by atoms with E-state index in [1.807, 2.05) is 20.8 Å². The predicted octanol–water partition coefficient (Wildman–Crippen LogP) is 4.82. The summed E-state index contributed by atoms with van der Waals surface area (Å²) in [6.45, 7) is 7.89. The van der Waals surface area contributed by atoms with Gasteiger partial charge in [0.25, 0.3) is 0 Å². The summed E-state index contributed by atoms with van der Waals surface area (Å²) in [5.74, 6) is -0.0737. The van der Waals surface area contributed by atoms with Gasteiger partial charge in [0.1, 0.15) is 11.4 Å². The Morgan fingerprint density at radius 1 is 1.00 bits per heavy atom. The average Bonchev–Trinajstić information content (AvgIpc) is 2.35. The Bertz CT molecular complexity index is 346. The monoisotopic (exact) mass is 296 g/mol. The summed E-state index contributed by atoms with van der Waals surface area (Å²) >= 11 is 0. The quantitative estimate of drug-likeness (QED) is 0.633. The van der Waals surface area contributed by atoms with Crippen molar-refractivity contribution >= 4 is 11.8 Å². The molecule has 0 aromatic rings. The molecule has 0 unspecified atom stereocenters. The van der Waals surface area contributed by atoms with Crippen LogP contribution in [0, 0.1) is 5.41 Å². The Balaban J connectivity index is 2.15. The number of ether oxygens (including phenoxy) is 1. The molecule has 0 bridgehead atoms. The zero-order valence-corrected chi connectivity index (χ0v) is 14.3. The van der Waals surface area contributed by atoms with Gasteiger partial charge in [-0.1, -0.05) is 26.2 Å². The number of carbonyl (C=O) groups is 2. The van der Waals surface area contributed by atoms with Gasteiger partial charge in [-0.3, -0.25) is 9.59 Å². The van der Waals surface area contributed by atoms with E-state index in [1.165, 1.54) is 32.1 Å². The Morgan fingerprint density at radius 3 is 2.19 bits per heavy atom. The number of esters is 1. The van der Waals surface area contributed by atoms with Crippen LogP contribution in [0.2, 0.25) is 0 Å². The number of carbonyl (C=O) groups excluding carboxylic acids is 2. The van der Waals surface area contributed by atoms with Gasteiger partial charge in [-0.2, -0.15) is 0 Å². The predicted molar refractivity (Wildman–Crippen MR) is 85.1 cm³/mol. The Morgan fingerprint density at radius 2 is 1.62 bits per heavy atom. The van der Waals surface area contributed by atoms with Crippen molar-refractivity contribution in [3.63, 3.8) is 0 Å². The van der Waals surface area contributed by atoms with Gasteiger partial charge in [-0.05, 0) is 51.9 Å². The molecule has 1 aliphatic rings. The maximum atomic E-state index is 11.9. The van der Waals surface area contributed by atoms with Crippen molar-refractivity contribution in [3.8, 4) is 0 Å². The molecule has 0 aromatic carbocycles. The Kier molecular flexibility index (Phi) is 6.89. The normalized spacial score (nSPS) is 18.3. The van der Waals surface area contributed by atoms with Crippen molar-refractivity contribution in [2.75, 3.05) is 0 Å². The number of ketones is 1. The van der Waals surface area contributed by atoms with Gasteiger partial charge in [0.15, 0.2) is 0 Å². The summed E-state index contributed by atoms with van der Waals surface area (Å²) in [5, 5.41) is 0. The minimum absolute atomic E-state index is 0.195. The first kappa shape index (κ1) is 18.2. The molecule has 3 heteroatoms. The van der Waals surface area contributed by atoms with Crippen molar-refractivity contribution in [1.29, 1.82) is 0 Å². The molecule has 3 nitrogen and oxygen atoms in total. The van der Waals surface area contributed by atoms with E-state index in [0.717, 1.165) is 12.8 Å². The highest BCUT2D eigenvalue weighted by Gasteiger charge is 2.26. The molecule has 21 heavy (non-hydrogen) atoms. The molecular weight excluding hydrogens is 264 g/mol. The fourth-order valence-electron chi connectivity index (χ4n) is 3.13. The van der Waals surface area contributed by atoms with Crippen molar-refractivity contribution < 1.29 is 14.3 Å². The Labute approximate surface area is 129 Å². The second kappa shape index (κ2) is 7.95. The molecule has 0 aliphatic heterocycles. The van der Waals surface area contributed by atoms with Crippen molar-refractivity contribution in [3.05, 3.63) is 0 Å². The van der Waals surface area contributed by atoms with Crippen LogP contribution in [-0.2, 0) is 14.3 Å². The van der Waals surface area contributed by atoms with Gasteiger partial charge in [0.2, 0.25) is 0 Å². The minimum atomic E-state index is -0.463. The maximum Gasteiger partial charge on any atom is 0.306 e. The van der Waals surface area contributed by atoms with Crippen LogP contribution < -0.4 is 0 Å². The second-order valence-electron chi connectivity index (χ2n) is 7.85. The molecule has 0 heterocycles. The maximum absolute atomic E-state index is 11.9. The lowest BCUT2D eigenvalue weighted by Crippen LogP contribution is -2.24. The molecule has 0 spiro atoms. The molecule has 1 saturated carbocycles. The Hall–Kier alpha value is -0.860. The molecule has 0 radical (unpaired) electrons. The number of rotatable bonds is 7. The van der Waals surface area contributed by atoms with Crippen LogP contribution in [0.25, 0.3) is 0 Å². The number of hydrogen-bond acceptors (Lipinski definition) is 3. The van der Waals surface area contributed by atoms with Gasteiger partial charge in [0, 0.05) is 12.8 Å². The summed E-state index contributed by atoms with van der Waals surface area (Å²) in [5.41, 5.74) is -0.0145. The van der Waals surface area contributed by atoms with Crippen LogP contribution >= 0.6 is 0 Å². The number of hydrogen-bond donors (Lipinski definition) is 0. The summed E-state index contributed by atoms with van der Waals surface area (Å²) < 4.78 is 5.21. The van der Waals surface area contributed by atoms with Gasteiger partial charge < -0.3 is 4.74 Å². The summed E-state index contributed by atoms with van der Waals surface area (Å²) in [7, 11) is 0. The third kappa shape index (κ3) is 8.23. The molecule has 0 amide bonds. The summed E-state index contributed by atoms with van der Waals surface area (Å²) in [6, 6.07) is 0. The van der Waals surface area contributed by atoms with Crippen LogP contribution in [-0.4, -0.2) is 17.4 Å². The zero-order valence-electron chi connectivity index (χ0n) is 14.3. The largest absolute Gasteiger partial charge is 0.460 e. The number of Topliss-reactive ketones (excluding diaryl/α,β-unsaturated/α-hetero) is 1.